The van der Waals surface area contributed by atoms with E-state index in [1.54, 1.807) is 25.3 Å². The first-order valence-electron chi connectivity index (χ1n) is 8.35. The van der Waals surface area contributed by atoms with Gasteiger partial charge in [-0.1, -0.05) is 18.9 Å². The lowest BCUT2D eigenvalue weighted by molar-refractivity contribution is -0.138. The first kappa shape index (κ1) is 18.8. The van der Waals surface area contributed by atoms with E-state index in [2.05, 4.69) is 11.9 Å². The topological polar surface area (TPSA) is 84.9 Å². The van der Waals surface area contributed by atoms with Crippen LogP contribution in [0.15, 0.2) is 24.8 Å². The molecule has 1 fully saturated rings. The Kier molecular flexibility index (Phi) is 6.07. The van der Waals surface area contributed by atoms with Crippen LogP contribution in [0, 0.1) is 0 Å². The van der Waals surface area contributed by atoms with Gasteiger partial charge in [-0.3, -0.25) is 9.59 Å². The molecule has 0 saturated heterocycles. The Morgan fingerprint density at radius 1 is 1.28 bits per heavy atom. The second kappa shape index (κ2) is 8.05. The molecule has 2 rings (SSSR count). The third-order valence-corrected chi connectivity index (χ3v) is 4.61. The third-order valence-electron chi connectivity index (χ3n) is 4.61. The Morgan fingerprint density at radius 2 is 1.96 bits per heavy atom. The van der Waals surface area contributed by atoms with Gasteiger partial charge >= 0.3 is 5.97 Å². The van der Waals surface area contributed by atoms with Crippen molar-refractivity contribution >= 4 is 11.9 Å². The zero-order chi connectivity index (χ0) is 18.4. The summed E-state index contributed by atoms with van der Waals surface area (Å²) in [5.41, 5.74) is 0.543. The highest BCUT2D eigenvalue weighted by molar-refractivity contribution is 5.96. The summed E-state index contributed by atoms with van der Waals surface area (Å²) in [5, 5.41) is 12.1. The molecule has 0 bridgehead atoms. The maximum Gasteiger partial charge on any atom is 0.305 e. The maximum atomic E-state index is 12.8. The number of aliphatic carboxylic acids is 1. The van der Waals surface area contributed by atoms with Gasteiger partial charge in [0, 0.05) is 11.1 Å². The highest BCUT2D eigenvalue weighted by Gasteiger charge is 2.37. The fraction of sp³-hybridized carbons (Fsp3) is 0.474. The van der Waals surface area contributed by atoms with Gasteiger partial charge < -0.3 is 19.9 Å². The first-order chi connectivity index (χ1) is 11.9. The lowest BCUT2D eigenvalue weighted by Gasteiger charge is -2.29. The number of benzene rings is 1. The molecule has 25 heavy (non-hydrogen) atoms. The Hall–Kier alpha value is -2.50. The fourth-order valence-corrected chi connectivity index (χ4v) is 3.48. The minimum absolute atomic E-state index is 0.0639. The smallest absolute Gasteiger partial charge is 0.305 e. The van der Waals surface area contributed by atoms with Crippen molar-refractivity contribution in [1.82, 2.24) is 5.32 Å². The lowest BCUT2D eigenvalue weighted by atomic mass is 9.92. The summed E-state index contributed by atoms with van der Waals surface area (Å²) in [5.74, 6) is -0.165. The molecule has 1 aliphatic rings. The number of carbonyl (C=O) groups is 2. The number of carboxylic acid groups (broad SMARTS) is 1. The predicted molar refractivity (Wildman–Crippen MR) is 94.4 cm³/mol. The number of allylic oxidation sites excluding steroid dienone is 1. The minimum Gasteiger partial charge on any atom is -0.493 e. The van der Waals surface area contributed by atoms with Gasteiger partial charge in [0.25, 0.3) is 5.91 Å². The van der Waals surface area contributed by atoms with E-state index < -0.39 is 11.5 Å². The van der Waals surface area contributed by atoms with Crippen molar-refractivity contribution in [2.75, 3.05) is 14.2 Å². The van der Waals surface area contributed by atoms with Crippen LogP contribution in [0.1, 0.15) is 48.0 Å². The Labute approximate surface area is 147 Å². The number of methoxy groups -OCH3 is 2. The molecular weight excluding hydrogens is 322 g/mol. The van der Waals surface area contributed by atoms with Crippen LogP contribution in [0.2, 0.25) is 0 Å². The summed E-state index contributed by atoms with van der Waals surface area (Å²) >= 11 is 0. The predicted octanol–water partition coefficient (Wildman–Crippen LogP) is 2.95. The molecule has 6 heteroatoms. The van der Waals surface area contributed by atoms with Gasteiger partial charge in [0.2, 0.25) is 0 Å². The molecule has 0 aliphatic heterocycles. The van der Waals surface area contributed by atoms with Gasteiger partial charge in [0.15, 0.2) is 11.5 Å². The Bertz CT molecular complexity index is 662. The molecule has 1 saturated carbocycles. The molecule has 0 radical (unpaired) electrons. The molecule has 0 spiro atoms. The van der Waals surface area contributed by atoms with E-state index in [1.165, 1.54) is 7.11 Å². The van der Waals surface area contributed by atoms with Crippen LogP contribution in [0.25, 0.3) is 0 Å². The molecule has 6 nitrogen and oxygen atoms in total. The van der Waals surface area contributed by atoms with E-state index >= 15 is 0 Å². The average Bonchev–Trinajstić information content (AvgIpc) is 3.01. The van der Waals surface area contributed by atoms with Gasteiger partial charge in [-0.15, -0.1) is 6.58 Å². The van der Waals surface area contributed by atoms with E-state index in [0.717, 1.165) is 18.4 Å². The van der Waals surface area contributed by atoms with Crippen molar-refractivity contribution in [3.05, 3.63) is 35.9 Å². The van der Waals surface area contributed by atoms with Gasteiger partial charge in [-0.05, 0) is 31.4 Å². The summed E-state index contributed by atoms with van der Waals surface area (Å²) in [6.07, 6.45) is 5.38. The molecule has 0 aromatic heterocycles. The lowest BCUT2D eigenvalue weighted by Crippen LogP contribution is -2.47. The highest BCUT2D eigenvalue weighted by Crippen LogP contribution is 2.35. The normalized spacial score (nSPS) is 15.4. The number of carbonyl (C=O) groups excluding carboxylic acids is 1. The molecule has 2 N–H and O–H groups in total. The van der Waals surface area contributed by atoms with Crippen molar-refractivity contribution < 1.29 is 24.2 Å². The van der Waals surface area contributed by atoms with Gasteiger partial charge in [-0.2, -0.15) is 0 Å². The van der Waals surface area contributed by atoms with Crippen LogP contribution in [-0.4, -0.2) is 36.7 Å². The monoisotopic (exact) mass is 347 g/mol. The molecule has 136 valence electrons. The summed E-state index contributed by atoms with van der Waals surface area (Å²) < 4.78 is 10.7. The maximum absolute atomic E-state index is 12.8. The number of carboxylic acids is 1. The van der Waals surface area contributed by atoms with E-state index in [0.29, 0.717) is 36.3 Å². The zero-order valence-corrected chi connectivity index (χ0v) is 14.8. The van der Waals surface area contributed by atoms with Crippen molar-refractivity contribution in [2.24, 2.45) is 0 Å². The van der Waals surface area contributed by atoms with Crippen LogP contribution < -0.4 is 14.8 Å². The molecule has 1 aliphatic carbocycles. The number of hydrogen-bond acceptors (Lipinski definition) is 4. The third kappa shape index (κ3) is 4.32. The second-order valence-electron chi connectivity index (χ2n) is 6.38. The van der Waals surface area contributed by atoms with Crippen LogP contribution in [0.3, 0.4) is 0 Å². The highest BCUT2D eigenvalue weighted by atomic mass is 16.5. The molecule has 1 amide bonds. The van der Waals surface area contributed by atoms with Crippen LogP contribution >= 0.6 is 0 Å². The van der Waals surface area contributed by atoms with Crippen LogP contribution in [0.5, 0.6) is 11.5 Å². The molecule has 0 heterocycles. The molecule has 1 aromatic rings. The molecule has 0 unspecified atom stereocenters. The minimum atomic E-state index is -0.901. The van der Waals surface area contributed by atoms with E-state index in [-0.39, 0.29) is 12.3 Å². The Morgan fingerprint density at radius 3 is 2.48 bits per heavy atom. The van der Waals surface area contributed by atoms with Crippen LogP contribution in [0.4, 0.5) is 0 Å². The largest absolute Gasteiger partial charge is 0.493 e. The number of ether oxygens (including phenoxy) is 2. The molecule has 1 aromatic carbocycles. The van der Waals surface area contributed by atoms with Crippen molar-refractivity contribution in [3.8, 4) is 11.5 Å². The summed E-state index contributed by atoms with van der Waals surface area (Å²) in [6.45, 7) is 3.73. The van der Waals surface area contributed by atoms with E-state index in [9.17, 15) is 14.7 Å². The standard InChI is InChI=1S/C19H25NO5/c1-4-7-13-10-14(11-15(24-2)17(13)25-3)18(23)20-19(12-16(21)22)8-5-6-9-19/h4,10-11H,1,5-9,12H2,2-3H3,(H,20,23)(H,21,22). The van der Waals surface area contributed by atoms with E-state index in [1.807, 2.05) is 0 Å². The van der Waals surface area contributed by atoms with Gasteiger partial charge in [-0.25, -0.2) is 0 Å². The van der Waals surface area contributed by atoms with Crippen molar-refractivity contribution in [2.45, 2.75) is 44.1 Å². The van der Waals surface area contributed by atoms with Crippen LogP contribution in [-0.2, 0) is 11.2 Å². The molecular formula is C19H25NO5. The quantitative estimate of drug-likeness (QED) is 0.706. The summed E-state index contributed by atoms with van der Waals surface area (Å²) in [4.78, 5) is 24.0. The number of nitrogens with one attached hydrogen (secondary N) is 1. The average molecular weight is 347 g/mol. The fourth-order valence-electron chi connectivity index (χ4n) is 3.48. The van der Waals surface area contributed by atoms with Crippen molar-refractivity contribution in [3.63, 3.8) is 0 Å². The molecule has 0 atom stereocenters. The first-order valence-corrected chi connectivity index (χ1v) is 8.35. The number of amides is 1. The summed E-state index contributed by atoms with van der Waals surface area (Å²) in [6, 6.07) is 3.35. The van der Waals surface area contributed by atoms with Crippen molar-refractivity contribution in [1.29, 1.82) is 0 Å². The number of hydrogen-bond donors (Lipinski definition) is 2. The van der Waals surface area contributed by atoms with E-state index in [4.69, 9.17) is 9.47 Å². The summed E-state index contributed by atoms with van der Waals surface area (Å²) in [7, 11) is 3.06. The number of rotatable bonds is 8. The van der Waals surface area contributed by atoms with Gasteiger partial charge in [0.1, 0.15) is 0 Å². The zero-order valence-electron chi connectivity index (χ0n) is 14.8. The Balaban J connectivity index is 2.33. The second-order valence-corrected chi connectivity index (χ2v) is 6.38. The SMILES string of the molecule is C=CCc1cc(C(=O)NC2(CC(=O)O)CCCC2)cc(OC)c1OC. The van der Waals surface area contributed by atoms with Gasteiger partial charge in [0.05, 0.1) is 26.2 Å².